The van der Waals surface area contributed by atoms with Gasteiger partial charge in [0.05, 0.1) is 6.20 Å². The molecule has 0 N–H and O–H groups in total. The van der Waals surface area contributed by atoms with Crippen molar-refractivity contribution in [3.05, 3.63) is 30.2 Å². The number of nitrogens with zero attached hydrogens (tertiary/aromatic N) is 3. The van der Waals surface area contributed by atoms with E-state index in [1.807, 2.05) is 0 Å². The van der Waals surface area contributed by atoms with Crippen LogP contribution in [0.25, 0.3) is 5.65 Å². The lowest BCUT2D eigenvalue weighted by molar-refractivity contribution is -0.140. The summed E-state index contributed by atoms with van der Waals surface area (Å²) in [5, 5.41) is 3.67. The molecule has 0 amide bonds. The van der Waals surface area contributed by atoms with Crippen LogP contribution in [0.4, 0.5) is 13.2 Å². The third-order valence-electron chi connectivity index (χ3n) is 1.53. The van der Waals surface area contributed by atoms with Crippen molar-refractivity contribution in [1.29, 1.82) is 0 Å². The first kappa shape index (κ1) is 8.03. The molecule has 0 saturated carbocycles. The molecule has 0 spiro atoms. The first-order valence-corrected chi connectivity index (χ1v) is 3.45. The summed E-state index contributed by atoms with van der Waals surface area (Å²) in [5.41, 5.74) is -0.735. The number of fused-ring (bicyclic) bond motifs is 1. The van der Waals surface area contributed by atoms with Crippen LogP contribution in [0.1, 0.15) is 5.69 Å². The van der Waals surface area contributed by atoms with Crippen LogP contribution >= 0.6 is 0 Å². The van der Waals surface area contributed by atoms with E-state index in [2.05, 4.69) is 10.1 Å². The van der Waals surface area contributed by atoms with Gasteiger partial charge >= 0.3 is 6.18 Å². The van der Waals surface area contributed by atoms with Gasteiger partial charge in [-0.2, -0.15) is 18.3 Å². The smallest absolute Gasteiger partial charge is 0.223 e. The molecule has 0 aliphatic rings. The highest BCUT2D eigenvalue weighted by molar-refractivity contribution is 5.37. The predicted octanol–water partition coefficient (Wildman–Crippen LogP) is 1.75. The fraction of sp³-hybridized carbons (Fsp3) is 0.143. The molecule has 0 bridgehead atoms. The minimum atomic E-state index is -4.41. The summed E-state index contributed by atoms with van der Waals surface area (Å²) < 4.78 is 37.5. The van der Waals surface area contributed by atoms with Gasteiger partial charge in [-0.25, -0.2) is 9.50 Å². The zero-order valence-corrected chi connectivity index (χ0v) is 6.28. The van der Waals surface area contributed by atoms with Gasteiger partial charge < -0.3 is 0 Å². The fourth-order valence-corrected chi connectivity index (χ4v) is 0.968. The van der Waals surface area contributed by atoms with Crippen LogP contribution in [-0.4, -0.2) is 14.6 Å². The Hall–Kier alpha value is -1.59. The zero-order valence-electron chi connectivity index (χ0n) is 6.28. The Bertz CT molecular complexity index is 399. The van der Waals surface area contributed by atoms with Crippen molar-refractivity contribution in [2.45, 2.75) is 6.18 Å². The molecule has 13 heavy (non-hydrogen) atoms. The fourth-order valence-electron chi connectivity index (χ4n) is 0.968. The molecule has 0 saturated heterocycles. The van der Waals surface area contributed by atoms with Crippen LogP contribution in [0.3, 0.4) is 0 Å². The number of imidazole rings is 1. The van der Waals surface area contributed by atoms with Gasteiger partial charge in [-0.05, 0) is 12.1 Å². The lowest BCUT2D eigenvalue weighted by Crippen LogP contribution is -2.04. The van der Waals surface area contributed by atoms with Gasteiger partial charge in [-0.15, -0.1) is 0 Å². The molecule has 6 heteroatoms. The Labute approximate surface area is 70.8 Å². The second kappa shape index (κ2) is 2.45. The van der Waals surface area contributed by atoms with Crippen molar-refractivity contribution in [3.8, 4) is 0 Å². The van der Waals surface area contributed by atoms with Gasteiger partial charge in [-0.1, -0.05) is 0 Å². The maximum atomic E-state index is 12.1. The second-order valence-electron chi connectivity index (χ2n) is 2.45. The third kappa shape index (κ3) is 1.34. The Balaban J connectivity index is 2.63. The Morgan fingerprint density at radius 3 is 2.69 bits per heavy atom. The van der Waals surface area contributed by atoms with Crippen molar-refractivity contribution < 1.29 is 13.2 Å². The molecule has 0 fully saturated rings. The van der Waals surface area contributed by atoms with Crippen LogP contribution in [0.5, 0.6) is 0 Å². The number of alkyl halides is 3. The summed E-state index contributed by atoms with van der Waals surface area (Å²) in [6, 6.07) is 2.99. The molecule has 0 unspecified atom stereocenters. The Morgan fingerprint density at radius 2 is 2.08 bits per heavy atom. The molecule has 68 valence electrons. The average molecular weight is 187 g/mol. The molecule has 0 radical (unpaired) electrons. The van der Waals surface area contributed by atoms with E-state index >= 15 is 0 Å². The number of rotatable bonds is 0. The van der Waals surface area contributed by atoms with Crippen LogP contribution in [0.2, 0.25) is 0 Å². The van der Waals surface area contributed by atoms with E-state index in [4.69, 9.17) is 0 Å². The van der Waals surface area contributed by atoms with E-state index in [1.165, 1.54) is 18.3 Å². The largest absolute Gasteiger partial charge is 0.434 e. The molecule has 0 aliphatic carbocycles. The van der Waals surface area contributed by atoms with Crippen molar-refractivity contribution in [2.24, 2.45) is 0 Å². The molecule has 2 aromatic rings. The maximum Gasteiger partial charge on any atom is 0.434 e. The summed E-state index contributed by atoms with van der Waals surface area (Å²) in [6.45, 7) is 0. The summed E-state index contributed by atoms with van der Waals surface area (Å²) in [4.78, 5) is 3.36. The molecule has 3 nitrogen and oxygen atoms in total. The van der Waals surface area contributed by atoms with Crippen LogP contribution in [-0.2, 0) is 6.18 Å². The van der Waals surface area contributed by atoms with Gasteiger partial charge in [0, 0.05) is 6.20 Å². The second-order valence-corrected chi connectivity index (χ2v) is 2.45. The lowest BCUT2D eigenvalue weighted by Gasteiger charge is -1.98. The van der Waals surface area contributed by atoms with E-state index < -0.39 is 11.9 Å². The maximum absolute atomic E-state index is 12.1. The minimum absolute atomic E-state index is 0.190. The van der Waals surface area contributed by atoms with Crippen molar-refractivity contribution >= 4 is 5.65 Å². The van der Waals surface area contributed by atoms with E-state index in [1.54, 1.807) is 0 Å². The van der Waals surface area contributed by atoms with Crippen LogP contribution in [0.15, 0.2) is 24.5 Å². The Kier molecular flexibility index (Phi) is 1.51. The molecular formula is C7H4F3N3. The highest BCUT2D eigenvalue weighted by Gasteiger charge is 2.33. The molecule has 2 rings (SSSR count). The van der Waals surface area contributed by atoms with Gasteiger partial charge in [0.2, 0.25) is 0 Å². The van der Waals surface area contributed by atoms with Crippen molar-refractivity contribution in [2.75, 3.05) is 0 Å². The standard InChI is InChI=1S/C7H4F3N3/c8-7(9,10)5-4-13-6(12-5)2-1-3-11-13/h1-4H. The minimum Gasteiger partial charge on any atom is -0.223 e. The monoisotopic (exact) mass is 187 g/mol. The van der Waals surface area contributed by atoms with Gasteiger partial charge in [-0.3, -0.25) is 0 Å². The number of hydrogen-bond acceptors (Lipinski definition) is 2. The van der Waals surface area contributed by atoms with Gasteiger partial charge in [0.15, 0.2) is 11.3 Å². The highest BCUT2D eigenvalue weighted by atomic mass is 19.4. The van der Waals surface area contributed by atoms with Crippen molar-refractivity contribution in [1.82, 2.24) is 14.6 Å². The normalized spacial score (nSPS) is 12.2. The molecule has 0 aliphatic heterocycles. The SMILES string of the molecule is FC(F)(F)c1cn2ncccc2n1. The first-order valence-electron chi connectivity index (χ1n) is 3.45. The average Bonchev–Trinajstić information content (AvgIpc) is 2.45. The number of aromatic nitrogens is 3. The zero-order chi connectivity index (χ0) is 9.47. The Morgan fingerprint density at radius 1 is 1.31 bits per heavy atom. The van der Waals surface area contributed by atoms with E-state index in [9.17, 15) is 13.2 Å². The topological polar surface area (TPSA) is 30.2 Å². The van der Waals surface area contributed by atoms with Crippen LogP contribution < -0.4 is 0 Å². The lowest BCUT2D eigenvalue weighted by atomic mass is 10.5. The number of halogens is 3. The quantitative estimate of drug-likeness (QED) is 0.628. The van der Waals surface area contributed by atoms with Crippen molar-refractivity contribution in [3.63, 3.8) is 0 Å². The summed E-state index contributed by atoms with van der Waals surface area (Å²) in [5.74, 6) is 0. The summed E-state index contributed by atoms with van der Waals surface area (Å²) >= 11 is 0. The van der Waals surface area contributed by atoms with E-state index in [0.717, 1.165) is 10.7 Å². The molecule has 0 aromatic carbocycles. The summed E-state index contributed by atoms with van der Waals surface area (Å²) in [7, 11) is 0. The van der Waals surface area contributed by atoms with E-state index in [0.29, 0.717) is 0 Å². The third-order valence-corrected chi connectivity index (χ3v) is 1.53. The molecular weight excluding hydrogens is 183 g/mol. The summed E-state index contributed by atoms with van der Waals surface area (Å²) in [6.07, 6.45) is -2.15. The van der Waals surface area contributed by atoms with Crippen LogP contribution in [0, 0.1) is 0 Å². The predicted molar refractivity (Wildman–Crippen MR) is 38.0 cm³/mol. The van der Waals surface area contributed by atoms with Gasteiger partial charge in [0.25, 0.3) is 0 Å². The molecule has 0 atom stereocenters. The first-order chi connectivity index (χ1) is 6.07. The number of hydrogen-bond donors (Lipinski definition) is 0. The van der Waals surface area contributed by atoms with Gasteiger partial charge in [0.1, 0.15) is 0 Å². The molecule has 2 aromatic heterocycles. The van der Waals surface area contributed by atoms with E-state index in [-0.39, 0.29) is 5.65 Å². The highest BCUT2D eigenvalue weighted by Crippen LogP contribution is 2.27. The molecule has 2 heterocycles.